The van der Waals surface area contributed by atoms with Crippen LogP contribution in [0.2, 0.25) is 10.0 Å². The summed E-state index contributed by atoms with van der Waals surface area (Å²) >= 11 is 16.9. The van der Waals surface area contributed by atoms with Gasteiger partial charge in [-0.1, -0.05) is 29.3 Å². The third kappa shape index (κ3) is 4.06. The summed E-state index contributed by atoms with van der Waals surface area (Å²) < 4.78 is 13.0. The molecule has 6 heteroatoms. The molecular formula is C13H9Cl2FN2S. The van der Waals surface area contributed by atoms with Crippen molar-refractivity contribution >= 4 is 51.9 Å². The summed E-state index contributed by atoms with van der Waals surface area (Å²) in [6.45, 7) is 0. The van der Waals surface area contributed by atoms with Crippen molar-refractivity contribution in [2.75, 3.05) is 10.6 Å². The molecule has 2 nitrogen and oxygen atoms in total. The van der Waals surface area contributed by atoms with E-state index >= 15 is 0 Å². The molecule has 0 spiro atoms. The van der Waals surface area contributed by atoms with Crippen molar-refractivity contribution in [1.82, 2.24) is 0 Å². The Labute approximate surface area is 125 Å². The number of hydrogen-bond acceptors (Lipinski definition) is 1. The molecule has 0 saturated heterocycles. The molecule has 0 fully saturated rings. The normalized spacial score (nSPS) is 10.1. The molecule has 2 aromatic carbocycles. The first kappa shape index (κ1) is 14.1. The molecule has 0 aliphatic rings. The van der Waals surface area contributed by atoms with Crippen LogP contribution in [0.1, 0.15) is 0 Å². The quantitative estimate of drug-likeness (QED) is 0.768. The Morgan fingerprint density at radius 1 is 1.05 bits per heavy atom. The Bertz CT molecular complexity index is 619. The third-order valence-electron chi connectivity index (χ3n) is 2.26. The number of rotatable bonds is 2. The number of thiocarbonyl (C=S) groups is 1. The summed E-state index contributed by atoms with van der Waals surface area (Å²) in [6.07, 6.45) is 0. The van der Waals surface area contributed by atoms with E-state index in [9.17, 15) is 4.39 Å². The summed E-state index contributed by atoms with van der Waals surface area (Å²) in [7, 11) is 0. The van der Waals surface area contributed by atoms with Crippen LogP contribution in [0.15, 0.2) is 42.5 Å². The lowest BCUT2D eigenvalue weighted by molar-refractivity contribution is 0.628. The molecule has 0 saturated carbocycles. The van der Waals surface area contributed by atoms with E-state index in [2.05, 4.69) is 10.6 Å². The van der Waals surface area contributed by atoms with Gasteiger partial charge in [-0.15, -0.1) is 0 Å². The molecule has 0 amide bonds. The molecule has 0 aliphatic heterocycles. The van der Waals surface area contributed by atoms with Crippen molar-refractivity contribution in [2.45, 2.75) is 0 Å². The fourth-order valence-corrected chi connectivity index (χ4v) is 2.13. The minimum absolute atomic E-state index is 0.315. The number of nitrogens with one attached hydrogen (secondary N) is 2. The summed E-state index contributed by atoms with van der Waals surface area (Å²) in [5.74, 6) is -0.336. The minimum Gasteiger partial charge on any atom is -0.332 e. The lowest BCUT2D eigenvalue weighted by atomic mass is 10.3. The lowest BCUT2D eigenvalue weighted by Crippen LogP contribution is -2.19. The predicted molar refractivity (Wildman–Crippen MR) is 82.7 cm³/mol. The summed E-state index contributed by atoms with van der Waals surface area (Å²) in [5.41, 5.74) is 1.18. The third-order valence-corrected chi connectivity index (χ3v) is 3.01. The molecule has 19 heavy (non-hydrogen) atoms. The first-order valence-corrected chi connectivity index (χ1v) is 6.49. The summed E-state index contributed by atoms with van der Waals surface area (Å²) in [5, 5.41) is 7.08. The molecule has 0 aliphatic carbocycles. The fraction of sp³-hybridized carbons (Fsp3) is 0. The zero-order chi connectivity index (χ0) is 13.8. The highest BCUT2D eigenvalue weighted by Crippen LogP contribution is 2.25. The van der Waals surface area contributed by atoms with Crippen LogP contribution in [0.5, 0.6) is 0 Å². The van der Waals surface area contributed by atoms with E-state index < -0.39 is 0 Å². The second-order valence-corrected chi connectivity index (χ2v) is 4.97. The van der Waals surface area contributed by atoms with Crippen molar-refractivity contribution in [1.29, 1.82) is 0 Å². The monoisotopic (exact) mass is 314 g/mol. The lowest BCUT2D eigenvalue weighted by Gasteiger charge is -2.11. The van der Waals surface area contributed by atoms with Crippen LogP contribution in [0.3, 0.4) is 0 Å². The highest BCUT2D eigenvalue weighted by atomic mass is 35.5. The van der Waals surface area contributed by atoms with Gasteiger partial charge in [0, 0.05) is 10.7 Å². The van der Waals surface area contributed by atoms with Gasteiger partial charge in [-0.05, 0) is 48.6 Å². The molecule has 0 bridgehead atoms. The van der Waals surface area contributed by atoms with Gasteiger partial charge in [-0.3, -0.25) is 0 Å². The number of hydrogen-bond donors (Lipinski definition) is 2. The molecule has 98 valence electrons. The Morgan fingerprint density at radius 3 is 2.53 bits per heavy atom. The SMILES string of the molecule is Fc1cccc(NC(=S)Nc2ccc(Cl)cc2Cl)c1. The average Bonchev–Trinajstić information content (AvgIpc) is 2.33. The summed E-state index contributed by atoms with van der Waals surface area (Å²) in [4.78, 5) is 0. The largest absolute Gasteiger partial charge is 0.332 e. The molecular weight excluding hydrogens is 306 g/mol. The van der Waals surface area contributed by atoms with E-state index in [-0.39, 0.29) is 5.82 Å². The topological polar surface area (TPSA) is 24.1 Å². The molecule has 0 atom stereocenters. The van der Waals surface area contributed by atoms with Crippen LogP contribution in [0.25, 0.3) is 0 Å². The van der Waals surface area contributed by atoms with E-state index in [1.54, 1.807) is 30.3 Å². The van der Waals surface area contributed by atoms with Crippen LogP contribution in [0.4, 0.5) is 15.8 Å². The first-order valence-electron chi connectivity index (χ1n) is 5.33. The van der Waals surface area contributed by atoms with Gasteiger partial charge in [-0.25, -0.2) is 4.39 Å². The van der Waals surface area contributed by atoms with Gasteiger partial charge in [0.15, 0.2) is 5.11 Å². The van der Waals surface area contributed by atoms with Crippen molar-refractivity contribution in [2.24, 2.45) is 0 Å². The van der Waals surface area contributed by atoms with Gasteiger partial charge in [0.2, 0.25) is 0 Å². The Kier molecular flexibility index (Phi) is 4.58. The number of halogens is 3. The van der Waals surface area contributed by atoms with Gasteiger partial charge >= 0.3 is 0 Å². The number of benzene rings is 2. The zero-order valence-corrected chi connectivity index (χ0v) is 11.9. The highest BCUT2D eigenvalue weighted by Gasteiger charge is 2.04. The standard InChI is InChI=1S/C13H9Cl2FN2S/c14-8-4-5-12(11(15)6-8)18-13(19)17-10-3-1-2-9(16)7-10/h1-7H,(H2,17,18,19). The molecule has 2 aromatic rings. The summed E-state index contributed by atoms with van der Waals surface area (Å²) in [6, 6.07) is 11.0. The highest BCUT2D eigenvalue weighted by molar-refractivity contribution is 7.80. The maximum absolute atomic E-state index is 13.0. The van der Waals surface area contributed by atoms with Crippen LogP contribution >= 0.6 is 35.4 Å². The van der Waals surface area contributed by atoms with Gasteiger partial charge in [0.05, 0.1) is 10.7 Å². The van der Waals surface area contributed by atoms with Gasteiger partial charge < -0.3 is 10.6 Å². The molecule has 2 rings (SSSR count). The van der Waals surface area contributed by atoms with Crippen LogP contribution in [0, 0.1) is 5.82 Å². The van der Waals surface area contributed by atoms with Gasteiger partial charge in [0.25, 0.3) is 0 Å². The van der Waals surface area contributed by atoms with E-state index in [4.69, 9.17) is 35.4 Å². The van der Waals surface area contributed by atoms with E-state index in [1.807, 2.05) is 0 Å². The van der Waals surface area contributed by atoms with Crippen molar-refractivity contribution in [3.63, 3.8) is 0 Å². The van der Waals surface area contributed by atoms with E-state index in [0.717, 1.165) is 0 Å². The smallest absolute Gasteiger partial charge is 0.175 e. The Hall–Kier alpha value is -1.36. The van der Waals surface area contributed by atoms with Crippen LogP contribution in [-0.4, -0.2) is 5.11 Å². The van der Waals surface area contributed by atoms with E-state index in [0.29, 0.717) is 26.5 Å². The first-order chi connectivity index (χ1) is 9.04. The molecule has 0 heterocycles. The molecule has 2 N–H and O–H groups in total. The van der Waals surface area contributed by atoms with Crippen LogP contribution < -0.4 is 10.6 Å². The second-order valence-electron chi connectivity index (χ2n) is 3.71. The Balaban J connectivity index is 2.05. The molecule has 0 radical (unpaired) electrons. The van der Waals surface area contributed by atoms with E-state index in [1.165, 1.54) is 12.1 Å². The predicted octanol–water partition coefficient (Wildman–Crippen LogP) is 4.94. The zero-order valence-electron chi connectivity index (χ0n) is 9.58. The van der Waals surface area contributed by atoms with Crippen molar-refractivity contribution in [3.8, 4) is 0 Å². The minimum atomic E-state index is -0.336. The molecule has 0 aromatic heterocycles. The maximum atomic E-state index is 13.0. The maximum Gasteiger partial charge on any atom is 0.175 e. The number of anilines is 2. The van der Waals surface area contributed by atoms with Gasteiger partial charge in [0.1, 0.15) is 5.82 Å². The van der Waals surface area contributed by atoms with Crippen LogP contribution in [-0.2, 0) is 0 Å². The Morgan fingerprint density at radius 2 is 1.84 bits per heavy atom. The van der Waals surface area contributed by atoms with Crippen molar-refractivity contribution < 1.29 is 4.39 Å². The molecule has 0 unspecified atom stereocenters. The van der Waals surface area contributed by atoms with Crippen molar-refractivity contribution in [3.05, 3.63) is 58.3 Å². The van der Waals surface area contributed by atoms with Gasteiger partial charge in [-0.2, -0.15) is 0 Å². The fourth-order valence-electron chi connectivity index (χ4n) is 1.44. The second kappa shape index (κ2) is 6.19. The average molecular weight is 315 g/mol.